The Labute approximate surface area is 190 Å². The van der Waals surface area contributed by atoms with Crippen LogP contribution in [0.15, 0.2) is 83.6 Å². The van der Waals surface area contributed by atoms with Crippen molar-refractivity contribution < 1.29 is 25.9 Å². The van der Waals surface area contributed by atoms with Crippen LogP contribution in [0.3, 0.4) is 0 Å². The molecule has 0 atom stereocenters. The van der Waals surface area contributed by atoms with Gasteiger partial charge in [-0.3, -0.25) is 0 Å². The van der Waals surface area contributed by atoms with E-state index in [-0.39, 0.29) is 47.5 Å². The molecule has 0 aliphatic heterocycles. The first-order valence-corrected chi connectivity index (χ1v) is 10.2. The summed E-state index contributed by atoms with van der Waals surface area (Å²) in [6.45, 7) is 6.96. The maximum atomic E-state index is 10.7. The Morgan fingerprint density at radius 3 is 1.26 bits per heavy atom. The molecule has 2 aromatic carbocycles. The van der Waals surface area contributed by atoms with Gasteiger partial charge in [0.05, 0.1) is 9.79 Å². The Balaban J connectivity index is 0.000000483. The molecule has 0 aliphatic carbocycles. The van der Waals surface area contributed by atoms with Gasteiger partial charge in [0.15, 0.2) is 0 Å². The van der Waals surface area contributed by atoms with Crippen LogP contribution in [0.25, 0.3) is 0 Å². The van der Waals surface area contributed by atoms with Crippen molar-refractivity contribution >= 4 is 58.0 Å². The maximum absolute atomic E-state index is 10.7. The Hall–Kier alpha value is -1.00. The van der Waals surface area contributed by atoms with E-state index in [1.165, 1.54) is 24.3 Å². The standard InChI is InChI=1S/2C9H10O3S.Ca/c2*1-2-5-8-6-3-4-7-9(8)13(10,11)12;/h2*2-4,6-7H,1,5H2,(H,10,11,12);/q;;+2/p-2. The molecule has 2 rings (SSSR count). The van der Waals surface area contributed by atoms with Crippen LogP contribution in [-0.2, 0) is 33.1 Å². The largest absolute Gasteiger partial charge is 2.00 e. The summed E-state index contributed by atoms with van der Waals surface area (Å²) < 4.78 is 64.4. The van der Waals surface area contributed by atoms with Crippen LogP contribution in [0.2, 0.25) is 0 Å². The van der Waals surface area contributed by atoms with Crippen molar-refractivity contribution in [3.63, 3.8) is 0 Å². The van der Waals surface area contributed by atoms with E-state index < -0.39 is 20.2 Å². The summed E-state index contributed by atoms with van der Waals surface area (Å²) in [5, 5.41) is 0. The zero-order valence-corrected chi connectivity index (χ0v) is 18.4. The van der Waals surface area contributed by atoms with E-state index in [0.717, 1.165) is 0 Å². The van der Waals surface area contributed by atoms with Gasteiger partial charge in [0.2, 0.25) is 0 Å². The summed E-state index contributed by atoms with van der Waals surface area (Å²) in [4.78, 5) is -0.315. The third-order valence-corrected chi connectivity index (χ3v) is 5.09. The van der Waals surface area contributed by atoms with E-state index in [2.05, 4.69) is 13.2 Å². The average Bonchev–Trinajstić information content (AvgIpc) is 2.55. The van der Waals surface area contributed by atoms with Gasteiger partial charge in [0, 0.05) is 0 Å². The van der Waals surface area contributed by atoms with E-state index in [4.69, 9.17) is 0 Å². The van der Waals surface area contributed by atoms with Gasteiger partial charge in [-0.1, -0.05) is 48.6 Å². The molecule has 9 heteroatoms. The zero-order chi connectivity index (χ0) is 19.8. The molecule has 0 fully saturated rings. The Kier molecular flexibility index (Phi) is 11.3. The second-order valence-corrected chi connectivity index (χ2v) is 7.81. The molecule has 0 saturated heterocycles. The topological polar surface area (TPSA) is 114 Å². The van der Waals surface area contributed by atoms with E-state index in [1.54, 1.807) is 36.4 Å². The minimum Gasteiger partial charge on any atom is -0.744 e. The molecule has 0 aliphatic rings. The minimum absolute atomic E-state index is 0. The van der Waals surface area contributed by atoms with Crippen LogP contribution in [0.5, 0.6) is 0 Å². The normalized spacial score (nSPS) is 10.7. The van der Waals surface area contributed by atoms with Crippen molar-refractivity contribution in [2.45, 2.75) is 22.6 Å². The predicted octanol–water partition coefficient (Wildman–Crippen LogP) is 2.26. The van der Waals surface area contributed by atoms with Gasteiger partial charge >= 0.3 is 37.7 Å². The van der Waals surface area contributed by atoms with Crippen LogP contribution in [0.1, 0.15) is 11.1 Å². The van der Waals surface area contributed by atoms with Crippen molar-refractivity contribution in [1.82, 2.24) is 0 Å². The van der Waals surface area contributed by atoms with Crippen molar-refractivity contribution in [3.05, 3.63) is 85.0 Å². The summed E-state index contributed by atoms with van der Waals surface area (Å²) in [7, 11) is -8.71. The molecule has 27 heavy (non-hydrogen) atoms. The number of hydrogen-bond acceptors (Lipinski definition) is 6. The third-order valence-electron chi connectivity index (χ3n) is 3.21. The van der Waals surface area contributed by atoms with Gasteiger partial charge in [-0.2, -0.15) is 0 Å². The van der Waals surface area contributed by atoms with E-state index in [9.17, 15) is 25.9 Å². The molecular weight excluding hydrogens is 416 g/mol. The van der Waals surface area contributed by atoms with Crippen LogP contribution < -0.4 is 0 Å². The average molecular weight is 435 g/mol. The molecule has 0 saturated carbocycles. The molecule has 0 spiro atoms. The summed E-state index contributed by atoms with van der Waals surface area (Å²) in [6.07, 6.45) is 3.89. The molecular formula is C18H18CaO6S2. The first-order valence-electron chi connectivity index (χ1n) is 7.40. The molecule has 0 aromatic heterocycles. The fourth-order valence-corrected chi connectivity index (χ4v) is 3.58. The van der Waals surface area contributed by atoms with Gasteiger partial charge < -0.3 is 9.11 Å². The number of rotatable bonds is 6. The SMILES string of the molecule is C=CCc1ccccc1S(=O)(=O)[O-].C=CCc1ccccc1S(=O)(=O)[O-].[Ca+2]. The van der Waals surface area contributed by atoms with Crippen molar-refractivity contribution in [2.75, 3.05) is 0 Å². The maximum Gasteiger partial charge on any atom is 2.00 e. The molecule has 2 aromatic rings. The molecule has 0 amide bonds. The van der Waals surface area contributed by atoms with Gasteiger partial charge in [0.1, 0.15) is 20.2 Å². The second-order valence-electron chi connectivity index (χ2n) is 5.11. The summed E-state index contributed by atoms with van der Waals surface area (Å²) in [5.74, 6) is 0. The first kappa shape index (κ1) is 26.0. The molecule has 0 bridgehead atoms. The number of allylic oxidation sites excluding steroid dienone is 2. The van der Waals surface area contributed by atoms with Crippen LogP contribution in [0, 0.1) is 0 Å². The quantitative estimate of drug-likeness (QED) is 0.391. The monoisotopic (exact) mass is 434 g/mol. The van der Waals surface area contributed by atoms with E-state index in [1.807, 2.05) is 0 Å². The van der Waals surface area contributed by atoms with Gasteiger partial charge in [0.25, 0.3) is 0 Å². The molecule has 0 heterocycles. The van der Waals surface area contributed by atoms with Crippen LogP contribution in [-0.4, -0.2) is 63.7 Å². The van der Waals surface area contributed by atoms with Crippen LogP contribution in [0.4, 0.5) is 0 Å². The van der Waals surface area contributed by atoms with E-state index >= 15 is 0 Å². The van der Waals surface area contributed by atoms with Gasteiger partial charge in [-0.25, -0.2) is 16.8 Å². The smallest absolute Gasteiger partial charge is 0.744 e. The fourth-order valence-electron chi connectivity index (χ4n) is 2.14. The molecule has 0 unspecified atom stereocenters. The molecule has 140 valence electrons. The molecule has 0 radical (unpaired) electrons. The predicted molar refractivity (Wildman–Crippen MR) is 102 cm³/mol. The van der Waals surface area contributed by atoms with Crippen LogP contribution >= 0.6 is 0 Å². The Bertz CT molecular complexity index is 901. The summed E-state index contributed by atoms with van der Waals surface area (Å²) in [5.41, 5.74) is 0.986. The first-order chi connectivity index (χ1) is 12.1. The van der Waals surface area contributed by atoms with E-state index in [0.29, 0.717) is 24.0 Å². The summed E-state index contributed by atoms with van der Waals surface area (Å²) in [6, 6.07) is 12.2. The van der Waals surface area contributed by atoms with Gasteiger partial charge in [-0.15, -0.1) is 13.2 Å². The Morgan fingerprint density at radius 1 is 0.704 bits per heavy atom. The number of hydrogen-bond donors (Lipinski definition) is 0. The zero-order valence-electron chi connectivity index (χ0n) is 14.6. The van der Waals surface area contributed by atoms with Crippen molar-refractivity contribution in [1.29, 1.82) is 0 Å². The third kappa shape index (κ3) is 8.69. The Morgan fingerprint density at radius 2 is 1.00 bits per heavy atom. The molecule has 0 N–H and O–H groups in total. The van der Waals surface area contributed by atoms with Crippen molar-refractivity contribution in [3.8, 4) is 0 Å². The second kappa shape index (κ2) is 11.8. The fraction of sp³-hybridized carbons (Fsp3) is 0.111. The molecule has 6 nitrogen and oxygen atoms in total. The van der Waals surface area contributed by atoms with Crippen molar-refractivity contribution in [2.24, 2.45) is 0 Å². The summed E-state index contributed by atoms with van der Waals surface area (Å²) >= 11 is 0. The minimum atomic E-state index is -4.35. The number of benzene rings is 2. The van der Waals surface area contributed by atoms with Gasteiger partial charge in [-0.05, 0) is 36.1 Å².